The Morgan fingerprint density at radius 1 is 1.33 bits per heavy atom. The summed E-state index contributed by atoms with van der Waals surface area (Å²) in [7, 11) is 0. The van der Waals surface area contributed by atoms with Crippen molar-refractivity contribution in [2.24, 2.45) is 11.8 Å². The number of hydrogen-bond acceptors (Lipinski definition) is 2. The number of carbonyl (C=O) groups excluding carboxylic acids is 1. The van der Waals surface area contributed by atoms with Crippen molar-refractivity contribution in [3.63, 3.8) is 0 Å². The van der Waals surface area contributed by atoms with Crippen LogP contribution >= 0.6 is 0 Å². The van der Waals surface area contributed by atoms with Gasteiger partial charge in [-0.2, -0.15) is 0 Å². The summed E-state index contributed by atoms with van der Waals surface area (Å²) in [4.78, 5) is 10.9. The van der Waals surface area contributed by atoms with Crippen molar-refractivity contribution in [3.05, 3.63) is 0 Å². The summed E-state index contributed by atoms with van der Waals surface area (Å²) in [5.74, 6) is -0.511. The second-order valence-electron chi connectivity index (χ2n) is 4.08. The predicted molar refractivity (Wildman–Crippen MR) is 47.9 cm³/mol. The molecule has 0 radical (unpaired) electrons. The van der Waals surface area contributed by atoms with Gasteiger partial charge in [0, 0.05) is 6.42 Å². The Morgan fingerprint density at radius 3 is 2.40 bits per heavy atom. The van der Waals surface area contributed by atoms with Gasteiger partial charge >= 0.3 is 12.3 Å². The van der Waals surface area contributed by atoms with Gasteiger partial charge in [-0.25, -0.2) is 0 Å². The van der Waals surface area contributed by atoms with Crippen molar-refractivity contribution in [2.45, 2.75) is 45.4 Å². The van der Waals surface area contributed by atoms with Gasteiger partial charge in [0.25, 0.3) is 0 Å². The summed E-state index contributed by atoms with van der Waals surface area (Å²) < 4.78 is 38.4. The summed E-state index contributed by atoms with van der Waals surface area (Å²) in [6.45, 7) is 2.06. The summed E-state index contributed by atoms with van der Waals surface area (Å²) >= 11 is 0. The van der Waals surface area contributed by atoms with Gasteiger partial charge in [-0.15, -0.1) is 13.2 Å². The molecular weight excluding hydrogens is 209 g/mol. The van der Waals surface area contributed by atoms with Crippen LogP contribution in [0.4, 0.5) is 13.2 Å². The second-order valence-corrected chi connectivity index (χ2v) is 4.08. The van der Waals surface area contributed by atoms with Gasteiger partial charge in [0.05, 0.1) is 0 Å². The van der Waals surface area contributed by atoms with Gasteiger partial charge in [0.2, 0.25) is 0 Å². The highest BCUT2D eigenvalue weighted by molar-refractivity contribution is 5.69. The van der Waals surface area contributed by atoms with E-state index in [1.165, 1.54) is 0 Å². The van der Waals surface area contributed by atoms with Gasteiger partial charge in [-0.05, 0) is 24.7 Å². The molecule has 0 saturated heterocycles. The maximum atomic E-state index is 11.7. The Kier molecular flexibility index (Phi) is 3.99. The molecule has 0 N–H and O–H groups in total. The molecule has 0 amide bonds. The molecule has 0 heterocycles. The maximum Gasteiger partial charge on any atom is 0.575 e. The van der Waals surface area contributed by atoms with Crippen LogP contribution in [0.25, 0.3) is 0 Å². The molecule has 15 heavy (non-hydrogen) atoms. The lowest BCUT2D eigenvalue weighted by Gasteiger charge is -2.11. The molecule has 2 unspecified atom stereocenters. The van der Waals surface area contributed by atoms with Crippen LogP contribution in [0.1, 0.15) is 39.0 Å². The molecule has 2 nitrogen and oxygen atoms in total. The third-order valence-electron chi connectivity index (χ3n) is 2.91. The van der Waals surface area contributed by atoms with E-state index >= 15 is 0 Å². The van der Waals surface area contributed by atoms with Crippen LogP contribution in [0.5, 0.6) is 0 Å². The fourth-order valence-electron chi connectivity index (χ4n) is 2.14. The maximum absolute atomic E-state index is 11.7. The van der Waals surface area contributed by atoms with Crippen LogP contribution in [0.3, 0.4) is 0 Å². The zero-order valence-corrected chi connectivity index (χ0v) is 8.64. The first-order chi connectivity index (χ1) is 6.90. The molecule has 0 aliphatic heterocycles. The minimum atomic E-state index is -4.83. The van der Waals surface area contributed by atoms with Gasteiger partial charge in [0.15, 0.2) is 0 Å². The minimum Gasteiger partial charge on any atom is -0.373 e. The summed E-state index contributed by atoms with van der Waals surface area (Å²) in [5, 5.41) is 0. The summed E-state index contributed by atoms with van der Waals surface area (Å²) in [5.41, 5.74) is 0. The lowest BCUT2D eigenvalue weighted by molar-refractivity contribution is -0.306. The van der Waals surface area contributed by atoms with Crippen LogP contribution in [-0.4, -0.2) is 12.3 Å². The third kappa shape index (κ3) is 4.53. The van der Waals surface area contributed by atoms with E-state index in [1.54, 1.807) is 0 Å². The smallest absolute Gasteiger partial charge is 0.373 e. The first kappa shape index (κ1) is 12.3. The normalized spacial score (nSPS) is 26.7. The van der Waals surface area contributed by atoms with Crippen LogP contribution < -0.4 is 0 Å². The molecule has 88 valence electrons. The topological polar surface area (TPSA) is 26.3 Å². The lowest BCUT2D eigenvalue weighted by Crippen LogP contribution is -2.20. The Labute approximate surface area is 86.8 Å². The van der Waals surface area contributed by atoms with Crippen molar-refractivity contribution >= 4 is 5.97 Å². The second kappa shape index (κ2) is 4.86. The number of ether oxygens (including phenoxy) is 1. The van der Waals surface area contributed by atoms with E-state index in [9.17, 15) is 18.0 Å². The van der Waals surface area contributed by atoms with Crippen molar-refractivity contribution < 1.29 is 22.7 Å². The van der Waals surface area contributed by atoms with E-state index < -0.39 is 12.3 Å². The number of hydrogen-bond donors (Lipinski definition) is 0. The SMILES string of the molecule is CCC1CCC(CC(=O)OC(F)(F)F)C1. The number of esters is 1. The predicted octanol–water partition coefficient (Wildman–Crippen LogP) is 3.27. The molecule has 0 spiro atoms. The van der Waals surface area contributed by atoms with Gasteiger partial charge < -0.3 is 4.74 Å². The quantitative estimate of drug-likeness (QED) is 0.688. The lowest BCUT2D eigenvalue weighted by atomic mass is 10.0. The van der Waals surface area contributed by atoms with E-state index in [0.29, 0.717) is 5.92 Å². The highest BCUT2D eigenvalue weighted by Crippen LogP contribution is 2.35. The monoisotopic (exact) mass is 224 g/mol. The molecule has 0 aromatic heterocycles. The average molecular weight is 224 g/mol. The van der Waals surface area contributed by atoms with E-state index in [-0.39, 0.29) is 12.3 Å². The van der Waals surface area contributed by atoms with Crippen molar-refractivity contribution in [3.8, 4) is 0 Å². The van der Waals surface area contributed by atoms with E-state index in [0.717, 1.165) is 25.7 Å². The molecule has 1 aliphatic carbocycles. The molecule has 0 bridgehead atoms. The Hall–Kier alpha value is -0.740. The number of alkyl halides is 3. The van der Waals surface area contributed by atoms with Crippen molar-refractivity contribution in [1.82, 2.24) is 0 Å². The van der Waals surface area contributed by atoms with Crippen LogP contribution in [0.15, 0.2) is 0 Å². The van der Waals surface area contributed by atoms with Crippen molar-refractivity contribution in [2.75, 3.05) is 0 Å². The Bertz CT molecular complexity index is 225. The average Bonchev–Trinajstić information content (AvgIpc) is 2.48. The van der Waals surface area contributed by atoms with Gasteiger partial charge in [-0.1, -0.05) is 19.8 Å². The fourth-order valence-corrected chi connectivity index (χ4v) is 2.14. The molecule has 1 aliphatic rings. The zero-order chi connectivity index (χ0) is 11.5. The molecular formula is C10H15F3O2. The molecule has 1 fully saturated rings. The number of halogens is 3. The van der Waals surface area contributed by atoms with Crippen LogP contribution in [0.2, 0.25) is 0 Å². The highest BCUT2D eigenvalue weighted by Gasteiger charge is 2.35. The van der Waals surface area contributed by atoms with Crippen molar-refractivity contribution in [1.29, 1.82) is 0 Å². The standard InChI is InChI=1S/C10H15F3O2/c1-2-7-3-4-8(5-7)6-9(14)15-10(11,12)13/h7-8H,2-6H2,1H3. The summed E-state index contributed by atoms with van der Waals surface area (Å²) in [6.07, 6.45) is -1.20. The van der Waals surface area contributed by atoms with Gasteiger partial charge in [-0.3, -0.25) is 4.79 Å². The zero-order valence-electron chi connectivity index (χ0n) is 8.64. The van der Waals surface area contributed by atoms with E-state index in [4.69, 9.17) is 0 Å². The van der Waals surface area contributed by atoms with Crippen LogP contribution in [0, 0.1) is 11.8 Å². The van der Waals surface area contributed by atoms with E-state index in [1.807, 2.05) is 0 Å². The minimum absolute atomic E-state index is 0.0739. The molecule has 0 aromatic rings. The molecule has 5 heteroatoms. The van der Waals surface area contributed by atoms with Gasteiger partial charge in [0.1, 0.15) is 0 Å². The molecule has 1 saturated carbocycles. The number of rotatable bonds is 3. The summed E-state index contributed by atoms with van der Waals surface area (Å²) in [6, 6.07) is 0. The Balaban J connectivity index is 2.28. The molecule has 1 rings (SSSR count). The first-order valence-corrected chi connectivity index (χ1v) is 5.19. The molecule has 0 aromatic carbocycles. The Morgan fingerprint density at radius 2 is 1.93 bits per heavy atom. The number of carbonyl (C=O) groups is 1. The highest BCUT2D eigenvalue weighted by atomic mass is 19.4. The first-order valence-electron chi connectivity index (χ1n) is 5.19. The van der Waals surface area contributed by atoms with Crippen LogP contribution in [-0.2, 0) is 9.53 Å². The fraction of sp³-hybridized carbons (Fsp3) is 0.900. The molecule has 2 atom stereocenters. The van der Waals surface area contributed by atoms with E-state index in [2.05, 4.69) is 11.7 Å². The largest absolute Gasteiger partial charge is 0.575 e. The third-order valence-corrected chi connectivity index (χ3v) is 2.91.